The van der Waals surface area contributed by atoms with Crippen molar-refractivity contribution in [2.24, 2.45) is 5.92 Å². The van der Waals surface area contributed by atoms with Crippen molar-refractivity contribution in [3.8, 4) is 11.4 Å². The summed E-state index contributed by atoms with van der Waals surface area (Å²) in [5.41, 5.74) is 1.92. The highest BCUT2D eigenvalue weighted by molar-refractivity contribution is 9.10. The van der Waals surface area contributed by atoms with E-state index in [9.17, 15) is 4.79 Å². The van der Waals surface area contributed by atoms with Crippen molar-refractivity contribution < 1.29 is 4.79 Å². The van der Waals surface area contributed by atoms with Gasteiger partial charge in [0.05, 0.1) is 5.52 Å². The van der Waals surface area contributed by atoms with Crippen molar-refractivity contribution in [2.75, 3.05) is 31.1 Å². The highest BCUT2D eigenvalue weighted by Gasteiger charge is 2.24. The fourth-order valence-electron chi connectivity index (χ4n) is 3.70. The molecule has 0 unspecified atom stereocenters. The number of anilines is 1. The van der Waals surface area contributed by atoms with E-state index in [1.54, 1.807) is 0 Å². The Labute approximate surface area is 179 Å². The van der Waals surface area contributed by atoms with Crippen molar-refractivity contribution in [1.29, 1.82) is 0 Å². The molecule has 0 aliphatic carbocycles. The predicted molar refractivity (Wildman–Crippen MR) is 121 cm³/mol. The van der Waals surface area contributed by atoms with Crippen molar-refractivity contribution in [3.63, 3.8) is 0 Å². The minimum Gasteiger partial charge on any atom is -0.352 e. The summed E-state index contributed by atoms with van der Waals surface area (Å²) in [5.74, 6) is 2.31. The summed E-state index contributed by atoms with van der Waals surface area (Å²) in [4.78, 5) is 26.4. The maximum Gasteiger partial charge on any atom is 0.222 e. The third-order valence-electron chi connectivity index (χ3n) is 5.18. The number of carbonyl (C=O) groups is 1. The quantitative estimate of drug-likeness (QED) is 0.572. The SMILES string of the molecule is CC(C)CC(=O)N1CCN(c2nc(-c3cccc(Br)c3)nc3ccccc23)CC1. The van der Waals surface area contributed by atoms with Crippen LogP contribution in [-0.2, 0) is 4.79 Å². The predicted octanol–water partition coefficient (Wildman–Crippen LogP) is 4.75. The van der Waals surface area contributed by atoms with Crippen LogP contribution in [0.5, 0.6) is 0 Å². The van der Waals surface area contributed by atoms with Gasteiger partial charge in [-0.3, -0.25) is 4.79 Å². The van der Waals surface area contributed by atoms with Crippen LogP contribution in [0.15, 0.2) is 53.0 Å². The molecule has 0 atom stereocenters. The summed E-state index contributed by atoms with van der Waals surface area (Å²) >= 11 is 3.54. The largest absolute Gasteiger partial charge is 0.352 e. The second-order valence-electron chi connectivity index (χ2n) is 7.86. The van der Waals surface area contributed by atoms with Gasteiger partial charge in [0.2, 0.25) is 5.91 Å². The third kappa shape index (κ3) is 4.42. The van der Waals surface area contributed by atoms with Gasteiger partial charge in [-0.25, -0.2) is 9.97 Å². The first kappa shape index (κ1) is 19.8. The minimum atomic E-state index is 0.252. The number of rotatable bonds is 4. The second kappa shape index (κ2) is 8.49. The number of amides is 1. The smallest absolute Gasteiger partial charge is 0.222 e. The van der Waals surface area contributed by atoms with E-state index in [0.717, 1.165) is 58.8 Å². The van der Waals surface area contributed by atoms with Gasteiger partial charge in [0, 0.05) is 48.0 Å². The molecule has 2 heterocycles. The summed E-state index contributed by atoms with van der Waals surface area (Å²) in [7, 11) is 0. The maximum atomic E-state index is 12.4. The Hall–Kier alpha value is -2.47. The molecule has 150 valence electrons. The van der Waals surface area contributed by atoms with Gasteiger partial charge in [-0.15, -0.1) is 0 Å². The van der Waals surface area contributed by atoms with Gasteiger partial charge >= 0.3 is 0 Å². The average Bonchev–Trinajstić information content (AvgIpc) is 2.72. The molecule has 1 aliphatic rings. The molecule has 0 bridgehead atoms. The summed E-state index contributed by atoms with van der Waals surface area (Å²) in [6.45, 7) is 7.20. The Kier molecular flexibility index (Phi) is 5.81. The van der Waals surface area contributed by atoms with E-state index >= 15 is 0 Å². The molecule has 0 N–H and O–H groups in total. The molecule has 6 heteroatoms. The van der Waals surface area contributed by atoms with Crippen LogP contribution < -0.4 is 4.90 Å². The van der Waals surface area contributed by atoms with Gasteiger partial charge in [0.15, 0.2) is 5.82 Å². The van der Waals surface area contributed by atoms with Crippen LogP contribution in [0.25, 0.3) is 22.3 Å². The molecular formula is C23H25BrN4O. The van der Waals surface area contributed by atoms with Crippen molar-refractivity contribution in [2.45, 2.75) is 20.3 Å². The van der Waals surface area contributed by atoms with Crippen LogP contribution in [0.1, 0.15) is 20.3 Å². The number of aromatic nitrogens is 2. The molecule has 1 aromatic heterocycles. The first-order valence-electron chi connectivity index (χ1n) is 10.1. The van der Waals surface area contributed by atoms with Gasteiger partial charge in [-0.05, 0) is 30.2 Å². The lowest BCUT2D eigenvalue weighted by Gasteiger charge is -2.36. The normalized spacial score (nSPS) is 14.6. The maximum absolute atomic E-state index is 12.4. The second-order valence-corrected chi connectivity index (χ2v) is 8.78. The Morgan fingerprint density at radius 3 is 2.52 bits per heavy atom. The summed E-state index contributed by atoms with van der Waals surface area (Å²) in [5, 5.41) is 1.05. The van der Waals surface area contributed by atoms with E-state index < -0.39 is 0 Å². The lowest BCUT2D eigenvalue weighted by molar-refractivity contribution is -0.132. The lowest BCUT2D eigenvalue weighted by Crippen LogP contribution is -2.49. The van der Waals surface area contributed by atoms with E-state index in [1.165, 1.54) is 0 Å². The molecule has 1 saturated heterocycles. The zero-order chi connectivity index (χ0) is 20.4. The average molecular weight is 453 g/mol. The molecule has 29 heavy (non-hydrogen) atoms. The fraction of sp³-hybridized carbons (Fsp3) is 0.348. The third-order valence-corrected chi connectivity index (χ3v) is 5.67. The molecule has 5 nitrogen and oxygen atoms in total. The van der Waals surface area contributed by atoms with Crippen molar-refractivity contribution in [1.82, 2.24) is 14.9 Å². The monoisotopic (exact) mass is 452 g/mol. The van der Waals surface area contributed by atoms with E-state index in [-0.39, 0.29) is 5.91 Å². The number of hydrogen-bond acceptors (Lipinski definition) is 4. The van der Waals surface area contributed by atoms with Crippen LogP contribution in [-0.4, -0.2) is 47.0 Å². The zero-order valence-electron chi connectivity index (χ0n) is 16.8. The molecule has 0 saturated carbocycles. The van der Waals surface area contributed by atoms with E-state index in [2.05, 4.69) is 40.7 Å². The highest BCUT2D eigenvalue weighted by atomic mass is 79.9. The fourth-order valence-corrected chi connectivity index (χ4v) is 4.10. The van der Waals surface area contributed by atoms with Crippen LogP contribution in [0.4, 0.5) is 5.82 Å². The summed E-state index contributed by atoms with van der Waals surface area (Å²) in [6.07, 6.45) is 0.615. The zero-order valence-corrected chi connectivity index (χ0v) is 18.4. The summed E-state index contributed by atoms with van der Waals surface area (Å²) < 4.78 is 1.01. The standard InChI is InChI=1S/C23H25BrN4O/c1-16(2)14-21(29)27-10-12-28(13-11-27)23-19-8-3-4-9-20(19)25-22(26-23)17-6-5-7-18(24)15-17/h3-9,15-16H,10-14H2,1-2H3. The number of hydrogen-bond donors (Lipinski definition) is 0. The topological polar surface area (TPSA) is 49.3 Å². The molecule has 4 rings (SSSR count). The van der Waals surface area contributed by atoms with Gasteiger partial charge in [0.25, 0.3) is 0 Å². The number of nitrogens with zero attached hydrogens (tertiary/aromatic N) is 4. The first-order chi connectivity index (χ1) is 14.0. The van der Waals surface area contributed by atoms with Crippen LogP contribution in [0.2, 0.25) is 0 Å². The number of fused-ring (bicyclic) bond motifs is 1. The summed E-state index contributed by atoms with van der Waals surface area (Å²) in [6, 6.07) is 16.2. The first-order valence-corrected chi connectivity index (χ1v) is 10.9. The van der Waals surface area contributed by atoms with Gasteiger partial charge < -0.3 is 9.80 Å². The van der Waals surface area contributed by atoms with E-state index in [1.807, 2.05) is 47.4 Å². The van der Waals surface area contributed by atoms with Gasteiger partial charge in [0.1, 0.15) is 5.82 Å². The molecule has 0 radical (unpaired) electrons. The number of benzene rings is 2. The molecule has 3 aromatic rings. The van der Waals surface area contributed by atoms with E-state index in [0.29, 0.717) is 12.3 Å². The molecular weight excluding hydrogens is 428 g/mol. The Morgan fingerprint density at radius 1 is 1.03 bits per heavy atom. The van der Waals surface area contributed by atoms with Gasteiger partial charge in [-0.1, -0.05) is 54.0 Å². The Balaban J connectivity index is 1.64. The number of halogens is 1. The molecule has 2 aromatic carbocycles. The van der Waals surface area contributed by atoms with Gasteiger partial charge in [-0.2, -0.15) is 0 Å². The number of piperazine rings is 1. The van der Waals surface area contributed by atoms with Crippen molar-refractivity contribution >= 4 is 38.6 Å². The highest BCUT2D eigenvalue weighted by Crippen LogP contribution is 2.29. The Morgan fingerprint density at radius 2 is 1.79 bits per heavy atom. The molecule has 0 spiro atoms. The minimum absolute atomic E-state index is 0.252. The van der Waals surface area contributed by atoms with E-state index in [4.69, 9.17) is 9.97 Å². The number of para-hydroxylation sites is 1. The number of carbonyl (C=O) groups excluding carboxylic acids is 1. The Bertz CT molecular complexity index is 1030. The van der Waals surface area contributed by atoms with Crippen molar-refractivity contribution in [3.05, 3.63) is 53.0 Å². The van der Waals surface area contributed by atoms with Crippen LogP contribution in [0, 0.1) is 5.92 Å². The van der Waals surface area contributed by atoms with Crippen LogP contribution >= 0.6 is 15.9 Å². The molecule has 1 aliphatic heterocycles. The lowest BCUT2D eigenvalue weighted by atomic mass is 10.1. The molecule has 1 amide bonds. The van der Waals surface area contributed by atoms with Crippen LogP contribution in [0.3, 0.4) is 0 Å². The molecule has 1 fully saturated rings.